The molecule has 0 heterocycles. The van der Waals surface area contributed by atoms with Gasteiger partial charge in [-0.05, 0) is 43.6 Å². The Morgan fingerprint density at radius 1 is 1.25 bits per heavy atom. The highest BCUT2D eigenvalue weighted by Crippen LogP contribution is 2.43. The summed E-state index contributed by atoms with van der Waals surface area (Å²) in [4.78, 5) is 11.2. The second-order valence-corrected chi connectivity index (χ2v) is 5.02. The summed E-state index contributed by atoms with van der Waals surface area (Å²) >= 11 is 0. The average Bonchev–Trinajstić information content (AvgIpc) is 2.40. The fraction of sp³-hybridized carbons (Fsp3) is 0.533. The normalized spacial score (nSPS) is 29.9. The number of benzene rings is 1. The van der Waals surface area contributed by atoms with E-state index in [2.05, 4.69) is 37.3 Å². The van der Waals surface area contributed by atoms with Gasteiger partial charge in [0, 0.05) is 5.41 Å². The van der Waals surface area contributed by atoms with Gasteiger partial charge in [-0.3, -0.25) is 0 Å². The van der Waals surface area contributed by atoms with Gasteiger partial charge in [0.2, 0.25) is 0 Å². The molecule has 0 bridgehead atoms. The van der Waals surface area contributed by atoms with Crippen LogP contribution in [0.5, 0.6) is 0 Å². The van der Waals surface area contributed by atoms with Crippen LogP contribution in [0.4, 0.5) is 0 Å². The smallest absolute Gasteiger partial charge is 0.126 e. The van der Waals surface area contributed by atoms with Crippen LogP contribution in [0, 0.1) is 5.41 Å². The average molecular weight is 216 g/mol. The predicted octanol–water partition coefficient (Wildman–Crippen LogP) is 3.94. The summed E-state index contributed by atoms with van der Waals surface area (Å²) in [6, 6.07) is 10.7. The summed E-state index contributed by atoms with van der Waals surface area (Å²) in [7, 11) is 0. The minimum atomic E-state index is -0.00865. The molecule has 86 valence electrons. The zero-order valence-electron chi connectivity index (χ0n) is 9.99. The van der Waals surface area contributed by atoms with E-state index in [1.165, 1.54) is 11.8 Å². The van der Waals surface area contributed by atoms with E-state index < -0.39 is 0 Å². The number of hydrogen-bond acceptors (Lipinski definition) is 1. The zero-order chi connectivity index (χ0) is 11.4. The highest BCUT2D eigenvalue weighted by atomic mass is 16.1. The second kappa shape index (κ2) is 4.82. The number of carbonyl (C=O) groups excluding carboxylic acids is 1. The van der Waals surface area contributed by atoms with Crippen molar-refractivity contribution in [2.24, 2.45) is 5.41 Å². The largest absolute Gasteiger partial charge is 0.303 e. The Labute approximate surface area is 97.9 Å². The standard InChI is InChI=1S/C15H20O/c1-2-15(12-16)10-8-14(9-11-15)13-6-4-3-5-7-13/h3-7,12,14H,2,8-11H2,1H3. The van der Waals surface area contributed by atoms with E-state index in [-0.39, 0.29) is 5.41 Å². The quantitative estimate of drug-likeness (QED) is 0.699. The third-order valence-electron chi connectivity index (χ3n) is 4.21. The molecular weight excluding hydrogens is 196 g/mol. The monoisotopic (exact) mass is 216 g/mol. The lowest BCUT2D eigenvalue weighted by molar-refractivity contribution is -0.118. The second-order valence-electron chi connectivity index (χ2n) is 5.02. The van der Waals surface area contributed by atoms with Crippen LogP contribution in [0.3, 0.4) is 0 Å². The first-order valence-corrected chi connectivity index (χ1v) is 6.31. The molecule has 2 rings (SSSR count). The molecule has 1 aromatic carbocycles. The number of hydrogen-bond donors (Lipinski definition) is 0. The van der Waals surface area contributed by atoms with Gasteiger partial charge in [0.25, 0.3) is 0 Å². The van der Waals surface area contributed by atoms with Gasteiger partial charge in [0.1, 0.15) is 6.29 Å². The van der Waals surface area contributed by atoms with Crippen molar-refractivity contribution in [1.29, 1.82) is 0 Å². The molecule has 1 aromatic rings. The Hall–Kier alpha value is -1.11. The molecule has 0 radical (unpaired) electrons. The van der Waals surface area contributed by atoms with E-state index in [0.717, 1.165) is 32.1 Å². The van der Waals surface area contributed by atoms with E-state index >= 15 is 0 Å². The lowest BCUT2D eigenvalue weighted by Gasteiger charge is -2.35. The molecule has 1 heteroatoms. The molecular formula is C15H20O. The first-order valence-electron chi connectivity index (χ1n) is 6.31. The van der Waals surface area contributed by atoms with Crippen molar-refractivity contribution in [3.8, 4) is 0 Å². The van der Waals surface area contributed by atoms with Gasteiger partial charge < -0.3 is 4.79 Å². The predicted molar refractivity (Wildman–Crippen MR) is 66.4 cm³/mol. The summed E-state index contributed by atoms with van der Waals surface area (Å²) in [5.74, 6) is 0.667. The van der Waals surface area contributed by atoms with Crippen LogP contribution >= 0.6 is 0 Å². The van der Waals surface area contributed by atoms with Crippen molar-refractivity contribution in [3.05, 3.63) is 35.9 Å². The molecule has 1 aliphatic rings. The van der Waals surface area contributed by atoms with Crippen molar-refractivity contribution < 1.29 is 4.79 Å². The van der Waals surface area contributed by atoms with Crippen LogP contribution in [-0.2, 0) is 4.79 Å². The molecule has 1 nitrogen and oxygen atoms in total. The van der Waals surface area contributed by atoms with E-state index in [4.69, 9.17) is 0 Å². The van der Waals surface area contributed by atoms with E-state index in [1.807, 2.05) is 0 Å². The number of rotatable bonds is 3. The van der Waals surface area contributed by atoms with Crippen molar-refractivity contribution in [2.45, 2.75) is 44.9 Å². The topological polar surface area (TPSA) is 17.1 Å². The Kier molecular flexibility index (Phi) is 3.42. The summed E-state index contributed by atoms with van der Waals surface area (Å²) in [6.45, 7) is 2.14. The lowest BCUT2D eigenvalue weighted by atomic mass is 9.68. The van der Waals surface area contributed by atoms with Crippen LogP contribution < -0.4 is 0 Å². The van der Waals surface area contributed by atoms with Gasteiger partial charge in [-0.1, -0.05) is 37.3 Å². The lowest BCUT2D eigenvalue weighted by Crippen LogP contribution is -2.27. The highest BCUT2D eigenvalue weighted by molar-refractivity contribution is 5.59. The first-order chi connectivity index (χ1) is 7.79. The molecule has 0 aliphatic heterocycles. The van der Waals surface area contributed by atoms with E-state index in [0.29, 0.717) is 5.92 Å². The maximum atomic E-state index is 11.2. The van der Waals surface area contributed by atoms with Crippen LogP contribution in [-0.4, -0.2) is 6.29 Å². The SMILES string of the molecule is CCC1(C=O)CCC(c2ccccc2)CC1. The maximum Gasteiger partial charge on any atom is 0.126 e. The summed E-state index contributed by atoms with van der Waals surface area (Å²) in [5.41, 5.74) is 1.43. The van der Waals surface area contributed by atoms with Gasteiger partial charge in [-0.25, -0.2) is 0 Å². The molecule has 0 saturated heterocycles. The molecule has 0 atom stereocenters. The van der Waals surface area contributed by atoms with Crippen LogP contribution in [0.1, 0.15) is 50.5 Å². The summed E-state index contributed by atoms with van der Waals surface area (Å²) in [5, 5.41) is 0. The van der Waals surface area contributed by atoms with E-state index in [9.17, 15) is 4.79 Å². The van der Waals surface area contributed by atoms with Crippen molar-refractivity contribution in [1.82, 2.24) is 0 Å². The fourth-order valence-electron chi connectivity index (χ4n) is 2.81. The number of aldehydes is 1. The van der Waals surface area contributed by atoms with Crippen molar-refractivity contribution in [2.75, 3.05) is 0 Å². The minimum absolute atomic E-state index is 0.00865. The molecule has 0 spiro atoms. The Balaban J connectivity index is 2.03. The highest BCUT2D eigenvalue weighted by Gasteiger charge is 2.33. The van der Waals surface area contributed by atoms with Gasteiger partial charge in [0.15, 0.2) is 0 Å². The molecule has 0 N–H and O–H groups in total. The molecule has 1 saturated carbocycles. The Bertz CT molecular complexity index is 334. The van der Waals surface area contributed by atoms with E-state index in [1.54, 1.807) is 0 Å². The van der Waals surface area contributed by atoms with Crippen LogP contribution in [0.15, 0.2) is 30.3 Å². The van der Waals surface area contributed by atoms with Gasteiger partial charge in [-0.15, -0.1) is 0 Å². The molecule has 0 aromatic heterocycles. The Morgan fingerprint density at radius 3 is 2.38 bits per heavy atom. The van der Waals surface area contributed by atoms with Crippen LogP contribution in [0.25, 0.3) is 0 Å². The first kappa shape index (κ1) is 11.4. The maximum absolute atomic E-state index is 11.2. The molecule has 0 unspecified atom stereocenters. The van der Waals surface area contributed by atoms with Crippen molar-refractivity contribution >= 4 is 6.29 Å². The summed E-state index contributed by atoms with van der Waals surface area (Å²) < 4.78 is 0. The van der Waals surface area contributed by atoms with Gasteiger partial charge in [0.05, 0.1) is 0 Å². The summed E-state index contributed by atoms with van der Waals surface area (Å²) in [6.07, 6.45) is 6.65. The zero-order valence-corrected chi connectivity index (χ0v) is 9.99. The van der Waals surface area contributed by atoms with Crippen molar-refractivity contribution in [3.63, 3.8) is 0 Å². The van der Waals surface area contributed by atoms with Gasteiger partial charge in [-0.2, -0.15) is 0 Å². The fourth-order valence-corrected chi connectivity index (χ4v) is 2.81. The minimum Gasteiger partial charge on any atom is -0.303 e. The van der Waals surface area contributed by atoms with Crippen LogP contribution in [0.2, 0.25) is 0 Å². The molecule has 1 fully saturated rings. The molecule has 16 heavy (non-hydrogen) atoms. The third kappa shape index (κ3) is 2.18. The number of carbonyl (C=O) groups is 1. The van der Waals surface area contributed by atoms with Gasteiger partial charge >= 0.3 is 0 Å². The molecule has 1 aliphatic carbocycles. The Morgan fingerprint density at radius 2 is 1.88 bits per heavy atom. The molecule has 0 amide bonds. The third-order valence-corrected chi connectivity index (χ3v) is 4.21.